The van der Waals surface area contributed by atoms with E-state index in [-0.39, 0.29) is 23.1 Å². The summed E-state index contributed by atoms with van der Waals surface area (Å²) in [4.78, 5) is 0. The van der Waals surface area contributed by atoms with Gasteiger partial charge < -0.3 is 15.5 Å². The molecule has 0 aliphatic rings. The molecule has 2 aromatic rings. The Labute approximate surface area is 117 Å². The van der Waals surface area contributed by atoms with E-state index >= 15 is 0 Å². The molecule has 112 valence electrons. The summed E-state index contributed by atoms with van der Waals surface area (Å²) >= 11 is 0. The first-order chi connectivity index (χ1) is 9.81. The maximum absolute atomic E-state index is 13.5. The van der Waals surface area contributed by atoms with Crippen LogP contribution < -0.4 is 5.32 Å². The van der Waals surface area contributed by atoms with Crippen LogP contribution in [0.5, 0.6) is 11.5 Å². The Morgan fingerprint density at radius 3 is 2.05 bits per heavy atom. The Kier molecular flexibility index (Phi) is 3.93. The predicted octanol–water partition coefficient (Wildman–Crippen LogP) is 3.83. The van der Waals surface area contributed by atoms with Gasteiger partial charge in [-0.2, -0.15) is 0 Å². The van der Waals surface area contributed by atoms with Crippen molar-refractivity contribution < 1.29 is 27.8 Å². The normalized spacial score (nSPS) is 12.2. The molecule has 0 heterocycles. The zero-order chi connectivity index (χ0) is 15.7. The van der Waals surface area contributed by atoms with Crippen LogP contribution in [-0.2, 0) is 0 Å². The number of rotatable bonds is 3. The lowest BCUT2D eigenvalue weighted by Crippen LogP contribution is -2.12. The minimum Gasteiger partial charge on any atom is -0.508 e. The van der Waals surface area contributed by atoms with Crippen molar-refractivity contribution in [2.75, 3.05) is 5.32 Å². The molecule has 0 bridgehead atoms. The molecule has 0 aliphatic heterocycles. The molecule has 0 spiro atoms. The second kappa shape index (κ2) is 5.51. The van der Waals surface area contributed by atoms with Crippen molar-refractivity contribution in [1.29, 1.82) is 0 Å². The SMILES string of the molecule is CC(Nc1c(F)c(F)cc(F)c1F)c1ccc(O)cc1O. The van der Waals surface area contributed by atoms with Crippen LogP contribution >= 0.6 is 0 Å². The number of aromatic hydroxyl groups is 2. The van der Waals surface area contributed by atoms with Crippen molar-refractivity contribution in [2.45, 2.75) is 13.0 Å². The third kappa shape index (κ3) is 2.86. The van der Waals surface area contributed by atoms with Gasteiger partial charge in [-0.15, -0.1) is 0 Å². The van der Waals surface area contributed by atoms with Crippen LogP contribution in [0.1, 0.15) is 18.5 Å². The molecule has 2 aromatic carbocycles. The fourth-order valence-electron chi connectivity index (χ4n) is 1.89. The standard InChI is InChI=1S/C14H11F4NO2/c1-6(8-3-2-7(20)4-11(8)21)19-14-12(17)9(15)5-10(16)13(14)18/h2-6,19-21H,1H3. The molecule has 7 heteroatoms. The number of anilines is 1. The molecule has 2 rings (SSSR count). The summed E-state index contributed by atoms with van der Waals surface area (Å²) in [6.07, 6.45) is 0. The van der Waals surface area contributed by atoms with Crippen molar-refractivity contribution in [3.63, 3.8) is 0 Å². The number of halogens is 4. The van der Waals surface area contributed by atoms with E-state index in [0.717, 1.165) is 6.07 Å². The van der Waals surface area contributed by atoms with Gasteiger partial charge in [-0.1, -0.05) is 0 Å². The number of nitrogens with one attached hydrogen (secondary N) is 1. The molecule has 3 N–H and O–H groups in total. The summed E-state index contributed by atoms with van der Waals surface area (Å²) in [5.41, 5.74) is -0.774. The van der Waals surface area contributed by atoms with Gasteiger partial charge in [-0.3, -0.25) is 0 Å². The smallest absolute Gasteiger partial charge is 0.185 e. The third-order valence-corrected chi connectivity index (χ3v) is 2.95. The highest BCUT2D eigenvalue weighted by Gasteiger charge is 2.21. The molecule has 0 saturated heterocycles. The molecular formula is C14H11F4NO2. The van der Waals surface area contributed by atoms with Gasteiger partial charge in [0.1, 0.15) is 17.2 Å². The van der Waals surface area contributed by atoms with Crippen LogP contribution in [0.25, 0.3) is 0 Å². The maximum atomic E-state index is 13.5. The molecule has 0 aliphatic carbocycles. The molecular weight excluding hydrogens is 290 g/mol. The Hall–Kier alpha value is -2.44. The molecule has 1 atom stereocenters. The Morgan fingerprint density at radius 1 is 0.952 bits per heavy atom. The topological polar surface area (TPSA) is 52.5 Å². The van der Waals surface area contributed by atoms with Gasteiger partial charge >= 0.3 is 0 Å². The average molecular weight is 301 g/mol. The van der Waals surface area contributed by atoms with Crippen molar-refractivity contribution in [3.05, 3.63) is 53.1 Å². The molecule has 3 nitrogen and oxygen atoms in total. The van der Waals surface area contributed by atoms with Gasteiger partial charge in [0, 0.05) is 17.7 Å². The Morgan fingerprint density at radius 2 is 1.52 bits per heavy atom. The Bertz CT molecular complexity index is 665. The van der Waals surface area contributed by atoms with E-state index in [1.807, 2.05) is 0 Å². The first kappa shape index (κ1) is 15.0. The van der Waals surface area contributed by atoms with Crippen LogP contribution in [0.2, 0.25) is 0 Å². The summed E-state index contributed by atoms with van der Waals surface area (Å²) in [7, 11) is 0. The molecule has 0 radical (unpaired) electrons. The molecule has 21 heavy (non-hydrogen) atoms. The summed E-state index contributed by atoms with van der Waals surface area (Å²) in [6, 6.07) is 2.85. The molecule has 1 unspecified atom stereocenters. The highest BCUT2D eigenvalue weighted by Crippen LogP contribution is 2.32. The van der Waals surface area contributed by atoms with Crippen molar-refractivity contribution >= 4 is 5.69 Å². The Balaban J connectivity index is 2.38. The number of phenols is 2. The first-order valence-electron chi connectivity index (χ1n) is 5.92. The number of hydrogen-bond donors (Lipinski definition) is 3. The quantitative estimate of drug-likeness (QED) is 0.596. The van der Waals surface area contributed by atoms with E-state index in [1.54, 1.807) is 0 Å². The second-order valence-corrected chi connectivity index (χ2v) is 4.45. The lowest BCUT2D eigenvalue weighted by molar-refractivity contribution is 0.442. The highest BCUT2D eigenvalue weighted by atomic mass is 19.2. The molecule has 0 fully saturated rings. The van der Waals surface area contributed by atoms with E-state index in [9.17, 15) is 27.8 Å². The fraction of sp³-hybridized carbons (Fsp3) is 0.143. The van der Waals surface area contributed by atoms with Gasteiger partial charge in [-0.25, -0.2) is 17.6 Å². The van der Waals surface area contributed by atoms with Gasteiger partial charge in [0.15, 0.2) is 23.3 Å². The number of phenolic OH excluding ortho intramolecular Hbond substituents is 2. The lowest BCUT2D eigenvalue weighted by atomic mass is 10.1. The minimum atomic E-state index is -1.56. The monoisotopic (exact) mass is 301 g/mol. The van der Waals surface area contributed by atoms with E-state index in [1.165, 1.54) is 19.1 Å². The zero-order valence-electron chi connectivity index (χ0n) is 10.8. The number of hydrogen-bond acceptors (Lipinski definition) is 3. The van der Waals surface area contributed by atoms with Crippen LogP contribution in [0.15, 0.2) is 24.3 Å². The minimum absolute atomic E-state index is 0.110. The van der Waals surface area contributed by atoms with E-state index in [4.69, 9.17) is 0 Å². The van der Waals surface area contributed by atoms with Gasteiger partial charge in [-0.05, 0) is 19.1 Å². The second-order valence-electron chi connectivity index (χ2n) is 4.45. The number of benzene rings is 2. The van der Waals surface area contributed by atoms with Crippen LogP contribution in [-0.4, -0.2) is 10.2 Å². The summed E-state index contributed by atoms with van der Waals surface area (Å²) in [5, 5.41) is 21.1. The predicted molar refractivity (Wildman–Crippen MR) is 68.1 cm³/mol. The fourth-order valence-corrected chi connectivity index (χ4v) is 1.89. The maximum Gasteiger partial charge on any atom is 0.185 e. The third-order valence-electron chi connectivity index (χ3n) is 2.95. The summed E-state index contributed by atoms with van der Waals surface area (Å²) in [5.74, 6) is -6.69. The van der Waals surface area contributed by atoms with E-state index < -0.39 is 35.0 Å². The molecule has 0 amide bonds. The van der Waals surface area contributed by atoms with Crippen molar-refractivity contribution in [1.82, 2.24) is 0 Å². The van der Waals surface area contributed by atoms with Gasteiger partial charge in [0.05, 0.1) is 6.04 Å². The first-order valence-corrected chi connectivity index (χ1v) is 5.92. The van der Waals surface area contributed by atoms with Gasteiger partial charge in [0.2, 0.25) is 0 Å². The van der Waals surface area contributed by atoms with Crippen LogP contribution in [0, 0.1) is 23.3 Å². The van der Waals surface area contributed by atoms with E-state index in [2.05, 4.69) is 5.32 Å². The largest absolute Gasteiger partial charge is 0.508 e. The summed E-state index contributed by atoms with van der Waals surface area (Å²) in [6.45, 7) is 1.42. The molecule has 0 saturated carbocycles. The van der Waals surface area contributed by atoms with Gasteiger partial charge in [0.25, 0.3) is 0 Å². The zero-order valence-corrected chi connectivity index (χ0v) is 10.8. The van der Waals surface area contributed by atoms with Crippen LogP contribution in [0.3, 0.4) is 0 Å². The van der Waals surface area contributed by atoms with E-state index in [0.29, 0.717) is 0 Å². The van der Waals surface area contributed by atoms with Crippen molar-refractivity contribution in [2.24, 2.45) is 0 Å². The lowest BCUT2D eigenvalue weighted by Gasteiger charge is -2.18. The summed E-state index contributed by atoms with van der Waals surface area (Å²) < 4.78 is 53.3. The molecule has 0 aromatic heterocycles. The van der Waals surface area contributed by atoms with Crippen molar-refractivity contribution in [3.8, 4) is 11.5 Å². The van der Waals surface area contributed by atoms with Crippen LogP contribution in [0.4, 0.5) is 23.2 Å². The average Bonchev–Trinajstić information content (AvgIpc) is 2.41. The highest BCUT2D eigenvalue weighted by molar-refractivity contribution is 5.51.